The molecule has 0 radical (unpaired) electrons. The van der Waals surface area contributed by atoms with Gasteiger partial charge in [0.05, 0.1) is 22.8 Å². The Balaban J connectivity index is 2.28. The number of rotatable bonds is 8. The van der Waals surface area contributed by atoms with Crippen molar-refractivity contribution in [3.8, 4) is 11.5 Å². The van der Waals surface area contributed by atoms with Gasteiger partial charge in [-0.1, -0.05) is 0 Å². The lowest BCUT2D eigenvalue weighted by atomic mass is 10.2. The molecular weight excluding hydrogens is 360 g/mol. The van der Waals surface area contributed by atoms with Gasteiger partial charge < -0.3 is 9.64 Å². The van der Waals surface area contributed by atoms with Crippen LogP contribution in [0.1, 0.15) is 11.1 Å². The summed E-state index contributed by atoms with van der Waals surface area (Å²) in [5, 5.41) is 0. The van der Waals surface area contributed by atoms with Crippen molar-refractivity contribution < 1.29 is 18.3 Å². The van der Waals surface area contributed by atoms with Gasteiger partial charge in [-0.25, -0.2) is 0 Å². The number of hydrogen-bond acceptors (Lipinski definition) is 7. The zero-order chi connectivity index (χ0) is 18.4. The molecule has 6 nitrogen and oxygen atoms in total. The summed E-state index contributed by atoms with van der Waals surface area (Å²) in [5.41, 5.74) is 1.93. The molecule has 0 amide bonds. The first-order chi connectivity index (χ1) is 11.9. The predicted octanol–water partition coefficient (Wildman–Crippen LogP) is 3.42. The van der Waals surface area contributed by atoms with Crippen molar-refractivity contribution in [3.63, 3.8) is 0 Å². The Labute approximate surface area is 154 Å². The van der Waals surface area contributed by atoms with E-state index in [1.54, 1.807) is 6.26 Å². The lowest BCUT2D eigenvalue weighted by molar-refractivity contribution is -0.195. The molecule has 1 atom stereocenters. The minimum Gasteiger partial charge on any atom is -0.457 e. The maximum atomic E-state index is 11.7. The lowest BCUT2D eigenvalue weighted by Crippen LogP contribution is -2.11. The smallest absolute Gasteiger partial charge is 0.132 e. The van der Waals surface area contributed by atoms with E-state index < -0.39 is 10.8 Å². The predicted molar refractivity (Wildman–Crippen MR) is 99.6 cm³/mol. The normalized spacial score (nSPS) is 12.4. The van der Waals surface area contributed by atoms with Gasteiger partial charge in [0.15, 0.2) is 0 Å². The zero-order valence-electron chi connectivity index (χ0n) is 14.6. The van der Waals surface area contributed by atoms with E-state index in [1.165, 1.54) is 0 Å². The van der Waals surface area contributed by atoms with Crippen molar-refractivity contribution in [1.82, 2.24) is 4.90 Å². The fourth-order valence-corrected chi connectivity index (χ4v) is 3.57. The highest BCUT2D eigenvalue weighted by Gasteiger charge is 2.11. The number of nitrogens with zero attached hydrogens (tertiary/aromatic N) is 1. The first-order valence-corrected chi connectivity index (χ1v) is 9.80. The van der Waals surface area contributed by atoms with Gasteiger partial charge in [-0.2, -0.15) is 5.90 Å². The molecule has 25 heavy (non-hydrogen) atoms. The molecule has 0 aliphatic heterocycles. The zero-order valence-corrected chi connectivity index (χ0v) is 16.3. The van der Waals surface area contributed by atoms with Crippen LogP contribution in [-0.4, -0.2) is 29.5 Å². The van der Waals surface area contributed by atoms with E-state index in [1.807, 2.05) is 62.3 Å². The average Bonchev–Trinajstić information content (AvgIpc) is 2.54. The molecule has 1 unspecified atom stereocenters. The van der Waals surface area contributed by atoms with Crippen LogP contribution in [0, 0.1) is 6.92 Å². The number of hydrogen-bond donors (Lipinski definition) is 1. The molecular formula is C17H22N2O4S2. The Bertz CT molecular complexity index is 753. The topological polar surface area (TPSA) is 74.0 Å². The van der Waals surface area contributed by atoms with E-state index in [4.69, 9.17) is 15.0 Å². The van der Waals surface area contributed by atoms with Gasteiger partial charge in [-0.05, 0) is 63.0 Å². The number of ether oxygens (including phenoxy) is 1. The first-order valence-electron chi connectivity index (χ1n) is 7.50. The average molecular weight is 383 g/mol. The summed E-state index contributed by atoms with van der Waals surface area (Å²) >= 11 is 1.03. The molecule has 2 N–H and O–H groups in total. The van der Waals surface area contributed by atoms with Crippen LogP contribution in [0.2, 0.25) is 0 Å². The van der Waals surface area contributed by atoms with Gasteiger partial charge in [0, 0.05) is 28.2 Å². The maximum Gasteiger partial charge on any atom is 0.132 e. The standard InChI is InChI=1S/C17H22N2O4S2/c1-12-9-14(5-8-17(12)25(4)20)21-16-7-6-15(24-23-22-18)10-13(16)11-19(2)3/h5-10H,11,18H2,1-4H3. The third kappa shape index (κ3) is 5.81. The van der Waals surface area contributed by atoms with E-state index in [2.05, 4.69) is 4.99 Å². The van der Waals surface area contributed by atoms with Gasteiger partial charge >= 0.3 is 0 Å². The molecule has 0 spiro atoms. The molecule has 0 aliphatic carbocycles. The van der Waals surface area contributed by atoms with Crippen LogP contribution < -0.4 is 10.6 Å². The van der Waals surface area contributed by atoms with Crippen molar-refractivity contribution in [3.05, 3.63) is 47.5 Å². The molecule has 0 fully saturated rings. The SMILES string of the molecule is Cc1cc(Oc2ccc(SOON)cc2CN(C)C)ccc1S(C)=O. The van der Waals surface area contributed by atoms with E-state index in [0.717, 1.165) is 38.7 Å². The van der Waals surface area contributed by atoms with E-state index >= 15 is 0 Å². The lowest BCUT2D eigenvalue weighted by Gasteiger charge is -2.16. The second-order valence-electron chi connectivity index (χ2n) is 5.74. The van der Waals surface area contributed by atoms with Crippen LogP contribution in [0.25, 0.3) is 0 Å². The van der Waals surface area contributed by atoms with Gasteiger partial charge in [0.25, 0.3) is 0 Å². The molecule has 0 aliphatic rings. The molecule has 2 aromatic carbocycles. The summed E-state index contributed by atoms with van der Waals surface area (Å²) in [6.07, 6.45) is 1.67. The second-order valence-corrected chi connectivity index (χ2v) is 7.86. The monoisotopic (exact) mass is 382 g/mol. The fraction of sp³-hybridized carbons (Fsp3) is 0.294. The van der Waals surface area contributed by atoms with Crippen LogP contribution >= 0.6 is 12.0 Å². The number of nitrogens with two attached hydrogens (primary N) is 1. The van der Waals surface area contributed by atoms with Gasteiger partial charge in [-0.15, -0.1) is 9.32 Å². The molecule has 0 aromatic heterocycles. The fourth-order valence-electron chi connectivity index (χ4n) is 2.37. The third-order valence-electron chi connectivity index (χ3n) is 3.37. The Morgan fingerprint density at radius 3 is 2.56 bits per heavy atom. The summed E-state index contributed by atoms with van der Waals surface area (Å²) in [5.74, 6) is 6.33. The van der Waals surface area contributed by atoms with Crippen LogP contribution in [-0.2, 0) is 26.7 Å². The highest BCUT2D eigenvalue weighted by molar-refractivity contribution is 7.94. The molecule has 0 bridgehead atoms. The Hall–Kier alpha value is -1.42. The molecule has 0 saturated heterocycles. The van der Waals surface area contributed by atoms with Crippen LogP contribution in [0.5, 0.6) is 11.5 Å². The molecule has 0 heterocycles. The quantitative estimate of drug-likeness (QED) is 0.426. The van der Waals surface area contributed by atoms with Crippen LogP contribution in [0.4, 0.5) is 0 Å². The van der Waals surface area contributed by atoms with E-state index in [-0.39, 0.29) is 0 Å². The summed E-state index contributed by atoms with van der Waals surface area (Å²) < 4.78 is 22.4. The summed E-state index contributed by atoms with van der Waals surface area (Å²) in [6.45, 7) is 2.62. The summed E-state index contributed by atoms with van der Waals surface area (Å²) in [7, 11) is 2.95. The highest BCUT2D eigenvalue weighted by Crippen LogP contribution is 2.31. The van der Waals surface area contributed by atoms with Crippen LogP contribution in [0.15, 0.2) is 46.2 Å². The largest absolute Gasteiger partial charge is 0.457 e. The van der Waals surface area contributed by atoms with Crippen molar-refractivity contribution in [2.75, 3.05) is 20.4 Å². The van der Waals surface area contributed by atoms with Crippen molar-refractivity contribution in [1.29, 1.82) is 0 Å². The third-order valence-corrected chi connectivity index (χ3v) is 5.04. The summed E-state index contributed by atoms with van der Waals surface area (Å²) in [4.78, 5) is 7.84. The number of benzene rings is 2. The molecule has 136 valence electrons. The van der Waals surface area contributed by atoms with Crippen molar-refractivity contribution in [2.24, 2.45) is 5.90 Å². The first kappa shape index (κ1) is 19.9. The molecule has 2 rings (SSSR count). The molecule has 0 saturated carbocycles. The van der Waals surface area contributed by atoms with E-state index in [0.29, 0.717) is 12.3 Å². The van der Waals surface area contributed by atoms with E-state index in [9.17, 15) is 4.21 Å². The molecule has 2 aromatic rings. The Morgan fingerprint density at radius 2 is 1.96 bits per heavy atom. The Kier molecular flexibility index (Phi) is 7.42. The molecule has 8 heteroatoms. The minimum atomic E-state index is -1.01. The minimum absolute atomic E-state index is 0.698. The van der Waals surface area contributed by atoms with Gasteiger partial charge in [-0.3, -0.25) is 4.21 Å². The highest BCUT2D eigenvalue weighted by atomic mass is 32.2. The summed E-state index contributed by atoms with van der Waals surface area (Å²) in [6, 6.07) is 11.3. The van der Waals surface area contributed by atoms with Crippen molar-refractivity contribution in [2.45, 2.75) is 23.3 Å². The van der Waals surface area contributed by atoms with Gasteiger partial charge in [0.2, 0.25) is 0 Å². The van der Waals surface area contributed by atoms with Crippen molar-refractivity contribution >= 4 is 22.8 Å². The Morgan fingerprint density at radius 1 is 1.20 bits per heavy atom. The van der Waals surface area contributed by atoms with Gasteiger partial charge in [0.1, 0.15) is 11.5 Å². The van der Waals surface area contributed by atoms with Crippen LogP contribution in [0.3, 0.4) is 0 Å². The number of aryl methyl sites for hydroxylation is 1. The maximum absolute atomic E-state index is 11.7. The second kappa shape index (κ2) is 9.33.